The summed E-state index contributed by atoms with van der Waals surface area (Å²) in [4.78, 5) is 17.6. The minimum absolute atomic E-state index is 0.0483. The zero-order valence-corrected chi connectivity index (χ0v) is 21.7. The molecule has 0 atom stereocenters. The van der Waals surface area contributed by atoms with Gasteiger partial charge in [-0.1, -0.05) is 54.2 Å². The van der Waals surface area contributed by atoms with E-state index in [9.17, 15) is 15.2 Å². The number of benzene rings is 3. The number of ether oxygens (including phenoxy) is 2. The van der Waals surface area contributed by atoms with Gasteiger partial charge in [0.15, 0.2) is 0 Å². The van der Waals surface area contributed by atoms with Gasteiger partial charge in [0.05, 0.1) is 33.3 Å². The molecule has 0 saturated carbocycles. The number of nitrogens with zero attached hydrogens (tertiary/aromatic N) is 2. The fourth-order valence-electron chi connectivity index (χ4n) is 3.40. The number of esters is 1. The van der Waals surface area contributed by atoms with Gasteiger partial charge < -0.3 is 14.6 Å². The van der Waals surface area contributed by atoms with Crippen LogP contribution >= 0.6 is 27.7 Å². The SMILES string of the molecule is CCOC(=O)C1=C(O)/C(=C/c2ccc(OCc3ccccc3C#N)c(Br)c2)SC1=Nc1ccccc1. The van der Waals surface area contributed by atoms with E-state index in [4.69, 9.17) is 9.47 Å². The van der Waals surface area contributed by atoms with Crippen molar-refractivity contribution in [2.24, 2.45) is 4.99 Å². The topological polar surface area (TPSA) is 91.9 Å². The molecule has 3 aromatic carbocycles. The van der Waals surface area contributed by atoms with Crippen LogP contribution in [0.25, 0.3) is 6.08 Å². The standard InChI is InChI=1S/C28H21BrN2O4S/c1-2-34-28(33)25-26(32)24(36-27(25)31-21-10-4-3-5-11-21)15-18-12-13-23(22(29)14-18)35-17-20-9-7-6-8-19(20)16-30/h3-15,32H,2,17H2,1H3/b24-15-,31-27?. The highest BCUT2D eigenvalue weighted by Gasteiger charge is 2.33. The Balaban J connectivity index is 1.59. The lowest BCUT2D eigenvalue weighted by Crippen LogP contribution is -2.12. The van der Waals surface area contributed by atoms with E-state index in [-0.39, 0.29) is 24.5 Å². The minimum Gasteiger partial charge on any atom is -0.506 e. The molecule has 0 bridgehead atoms. The summed E-state index contributed by atoms with van der Waals surface area (Å²) >= 11 is 4.74. The first-order chi connectivity index (χ1) is 17.5. The van der Waals surface area contributed by atoms with Crippen molar-refractivity contribution in [1.82, 2.24) is 0 Å². The molecular weight excluding hydrogens is 540 g/mol. The summed E-state index contributed by atoms with van der Waals surface area (Å²) < 4.78 is 11.8. The molecule has 6 nitrogen and oxygen atoms in total. The summed E-state index contributed by atoms with van der Waals surface area (Å²) in [6, 6.07) is 24.2. The molecule has 0 radical (unpaired) electrons. The summed E-state index contributed by atoms with van der Waals surface area (Å²) in [5, 5.41) is 20.5. The second kappa shape index (κ2) is 11.8. The third-order valence-electron chi connectivity index (χ3n) is 5.13. The Morgan fingerprint density at radius 1 is 1.14 bits per heavy atom. The second-order valence-corrected chi connectivity index (χ2v) is 9.44. The summed E-state index contributed by atoms with van der Waals surface area (Å²) in [5.74, 6) is -0.178. The number of carbonyl (C=O) groups excluding carboxylic acids is 1. The monoisotopic (exact) mass is 560 g/mol. The van der Waals surface area contributed by atoms with E-state index in [2.05, 4.69) is 27.0 Å². The van der Waals surface area contributed by atoms with Gasteiger partial charge in [0, 0.05) is 5.56 Å². The highest BCUT2D eigenvalue weighted by molar-refractivity contribution is 9.10. The van der Waals surface area contributed by atoms with Crippen LogP contribution in [0.2, 0.25) is 0 Å². The smallest absolute Gasteiger partial charge is 0.344 e. The van der Waals surface area contributed by atoms with Gasteiger partial charge in [0.1, 0.15) is 28.7 Å². The Morgan fingerprint density at radius 3 is 2.61 bits per heavy atom. The Bertz CT molecular complexity index is 1420. The molecule has 4 rings (SSSR count). The number of para-hydroxylation sites is 1. The highest BCUT2D eigenvalue weighted by atomic mass is 79.9. The molecule has 1 heterocycles. The van der Waals surface area contributed by atoms with E-state index in [0.29, 0.717) is 31.4 Å². The molecular formula is C28H21BrN2O4S. The predicted octanol–water partition coefficient (Wildman–Crippen LogP) is 7.09. The van der Waals surface area contributed by atoms with Crippen molar-refractivity contribution in [2.75, 3.05) is 6.61 Å². The van der Waals surface area contributed by atoms with Gasteiger partial charge in [-0.2, -0.15) is 5.26 Å². The molecule has 0 aliphatic carbocycles. The number of hydrogen-bond donors (Lipinski definition) is 1. The number of thioether (sulfide) groups is 1. The van der Waals surface area contributed by atoms with Crippen LogP contribution in [0.4, 0.5) is 5.69 Å². The molecule has 0 aromatic heterocycles. The van der Waals surface area contributed by atoms with Crippen LogP contribution in [0, 0.1) is 11.3 Å². The van der Waals surface area contributed by atoms with E-state index < -0.39 is 5.97 Å². The van der Waals surface area contributed by atoms with E-state index in [1.165, 1.54) is 11.8 Å². The molecule has 0 fully saturated rings. The van der Waals surface area contributed by atoms with Gasteiger partial charge >= 0.3 is 5.97 Å². The van der Waals surface area contributed by atoms with Gasteiger partial charge in [-0.15, -0.1) is 0 Å². The predicted molar refractivity (Wildman–Crippen MR) is 145 cm³/mol. The molecule has 0 spiro atoms. The van der Waals surface area contributed by atoms with E-state index in [0.717, 1.165) is 11.1 Å². The average molecular weight is 561 g/mol. The Kier molecular flexibility index (Phi) is 8.26. The number of rotatable bonds is 7. The Labute approximate surface area is 221 Å². The van der Waals surface area contributed by atoms with Crippen LogP contribution in [-0.4, -0.2) is 22.7 Å². The fraction of sp³-hybridized carbons (Fsp3) is 0.107. The van der Waals surface area contributed by atoms with Crippen LogP contribution in [0.15, 0.2) is 98.5 Å². The van der Waals surface area contributed by atoms with Gasteiger partial charge in [0.25, 0.3) is 0 Å². The average Bonchev–Trinajstić information content (AvgIpc) is 3.18. The normalized spacial score (nSPS) is 15.2. The van der Waals surface area contributed by atoms with Crippen LogP contribution in [0.5, 0.6) is 5.75 Å². The second-order valence-electron chi connectivity index (χ2n) is 7.55. The van der Waals surface area contributed by atoms with Crippen LogP contribution in [0.3, 0.4) is 0 Å². The van der Waals surface area contributed by atoms with Gasteiger partial charge in [0.2, 0.25) is 0 Å². The first-order valence-corrected chi connectivity index (χ1v) is 12.7. The maximum Gasteiger partial charge on any atom is 0.344 e. The summed E-state index contributed by atoms with van der Waals surface area (Å²) in [6.07, 6.45) is 1.77. The first kappa shape index (κ1) is 25.3. The molecule has 1 N–H and O–H groups in total. The fourth-order valence-corrected chi connectivity index (χ4v) is 4.94. The first-order valence-electron chi connectivity index (χ1n) is 11.0. The molecule has 1 aliphatic rings. The Hall–Kier alpha value is -3.80. The quantitative estimate of drug-likeness (QED) is 0.310. The maximum absolute atomic E-state index is 12.6. The number of aliphatic hydroxyl groups is 1. The van der Waals surface area contributed by atoms with Crippen molar-refractivity contribution in [3.05, 3.63) is 110 Å². The van der Waals surface area contributed by atoms with Crippen LogP contribution in [-0.2, 0) is 16.1 Å². The van der Waals surface area contributed by atoms with Crippen molar-refractivity contribution in [2.45, 2.75) is 13.5 Å². The van der Waals surface area contributed by atoms with E-state index in [1.807, 2.05) is 60.7 Å². The highest BCUT2D eigenvalue weighted by Crippen LogP contribution is 2.40. The van der Waals surface area contributed by atoms with Crippen molar-refractivity contribution in [1.29, 1.82) is 5.26 Å². The number of aliphatic imine (C=N–C) groups is 1. The molecule has 36 heavy (non-hydrogen) atoms. The number of nitriles is 1. The molecule has 1 aliphatic heterocycles. The largest absolute Gasteiger partial charge is 0.506 e. The minimum atomic E-state index is -0.622. The third kappa shape index (κ3) is 5.88. The van der Waals surface area contributed by atoms with Crippen molar-refractivity contribution in [3.8, 4) is 11.8 Å². The van der Waals surface area contributed by atoms with Gasteiger partial charge in [-0.25, -0.2) is 9.79 Å². The molecule has 0 unspecified atom stereocenters. The van der Waals surface area contributed by atoms with Gasteiger partial charge in [-0.3, -0.25) is 0 Å². The summed E-state index contributed by atoms with van der Waals surface area (Å²) in [7, 11) is 0. The zero-order chi connectivity index (χ0) is 25.5. The molecule has 0 amide bonds. The lowest BCUT2D eigenvalue weighted by Gasteiger charge is -2.10. The van der Waals surface area contributed by atoms with Crippen LogP contribution < -0.4 is 4.74 Å². The molecule has 0 saturated heterocycles. The Morgan fingerprint density at radius 2 is 1.89 bits per heavy atom. The molecule has 180 valence electrons. The maximum atomic E-state index is 12.6. The van der Waals surface area contributed by atoms with Crippen molar-refractivity contribution in [3.63, 3.8) is 0 Å². The number of hydrogen-bond acceptors (Lipinski definition) is 7. The van der Waals surface area contributed by atoms with Crippen molar-refractivity contribution < 1.29 is 19.4 Å². The van der Waals surface area contributed by atoms with Crippen LogP contribution in [0.1, 0.15) is 23.6 Å². The molecule has 3 aromatic rings. The van der Waals surface area contributed by atoms with Gasteiger partial charge in [-0.05, 0) is 64.8 Å². The molecule has 8 heteroatoms. The summed E-state index contributed by atoms with van der Waals surface area (Å²) in [5.41, 5.74) is 2.86. The van der Waals surface area contributed by atoms with E-state index >= 15 is 0 Å². The number of carbonyl (C=O) groups is 1. The zero-order valence-electron chi connectivity index (χ0n) is 19.3. The lowest BCUT2D eigenvalue weighted by molar-refractivity contribution is -0.138. The number of halogens is 1. The summed E-state index contributed by atoms with van der Waals surface area (Å²) in [6.45, 7) is 2.15. The van der Waals surface area contributed by atoms with Crippen molar-refractivity contribution >= 4 is 50.5 Å². The van der Waals surface area contributed by atoms with E-state index in [1.54, 1.807) is 25.1 Å². The third-order valence-corrected chi connectivity index (χ3v) is 6.77. The number of aliphatic hydroxyl groups excluding tert-OH is 1. The lowest BCUT2D eigenvalue weighted by atomic mass is 10.1.